The van der Waals surface area contributed by atoms with Crippen LogP contribution < -0.4 is 5.73 Å². The molecule has 0 aromatic rings. The molecule has 0 aliphatic heterocycles. The first-order chi connectivity index (χ1) is 6.91. The van der Waals surface area contributed by atoms with E-state index in [0.29, 0.717) is 0 Å². The van der Waals surface area contributed by atoms with Gasteiger partial charge in [0.2, 0.25) is 0 Å². The molecule has 0 aromatic heterocycles. The van der Waals surface area contributed by atoms with E-state index in [1.165, 1.54) is 7.11 Å². The van der Waals surface area contributed by atoms with Crippen molar-refractivity contribution in [2.75, 3.05) is 25.2 Å². The Morgan fingerprint density at radius 2 is 2.13 bits per heavy atom. The van der Waals surface area contributed by atoms with Crippen LogP contribution in [-0.2, 0) is 19.4 Å². The van der Waals surface area contributed by atoms with Gasteiger partial charge in [-0.05, 0) is 6.42 Å². The second-order valence-corrected chi connectivity index (χ2v) is 5.44. The molecule has 0 saturated carbocycles. The molecule has 1 unspecified atom stereocenters. The molecule has 3 N–H and O–H groups in total. The van der Waals surface area contributed by atoms with Crippen LogP contribution in [0, 0.1) is 0 Å². The van der Waals surface area contributed by atoms with E-state index in [1.807, 2.05) is 0 Å². The van der Waals surface area contributed by atoms with Crippen molar-refractivity contribution in [1.82, 2.24) is 0 Å². The van der Waals surface area contributed by atoms with Gasteiger partial charge in [-0.2, -0.15) is 0 Å². The lowest BCUT2D eigenvalue weighted by Crippen LogP contribution is -2.32. The van der Waals surface area contributed by atoms with E-state index in [9.17, 15) is 13.2 Å². The third kappa shape index (κ3) is 7.29. The third-order valence-electron chi connectivity index (χ3n) is 1.81. The van der Waals surface area contributed by atoms with Crippen LogP contribution in [0.2, 0.25) is 0 Å². The lowest BCUT2D eigenvalue weighted by atomic mass is 10.3. The zero-order valence-electron chi connectivity index (χ0n) is 8.68. The fourth-order valence-corrected chi connectivity index (χ4v) is 2.46. The maximum absolute atomic E-state index is 11.4. The number of hydrogen-bond donors (Lipinski definition) is 2. The van der Waals surface area contributed by atoms with Gasteiger partial charge >= 0.3 is 5.97 Å². The summed E-state index contributed by atoms with van der Waals surface area (Å²) in [5, 5.41) is 8.54. The molecule has 0 fully saturated rings. The van der Waals surface area contributed by atoms with Crippen LogP contribution in [-0.4, -0.2) is 50.8 Å². The predicted molar refractivity (Wildman–Crippen MR) is 55.0 cm³/mol. The van der Waals surface area contributed by atoms with E-state index < -0.39 is 21.8 Å². The Labute approximate surface area is 89.3 Å². The molecule has 0 radical (unpaired) electrons. The van der Waals surface area contributed by atoms with Crippen LogP contribution in [0.1, 0.15) is 12.8 Å². The molecule has 0 bridgehead atoms. The fourth-order valence-electron chi connectivity index (χ4n) is 1.000. The van der Waals surface area contributed by atoms with Crippen LogP contribution >= 0.6 is 0 Å². The number of rotatable bonds is 7. The maximum atomic E-state index is 11.4. The standard InChI is InChI=1S/C8H17NO5S/c1-14-8(11)3-5-15(12,13)6-7(9)2-4-10/h7,10H,2-6,9H2,1H3. The lowest BCUT2D eigenvalue weighted by Gasteiger charge is -2.09. The number of ether oxygens (including phenoxy) is 1. The van der Waals surface area contributed by atoms with Crippen LogP contribution in [0.3, 0.4) is 0 Å². The second kappa shape index (κ2) is 6.76. The van der Waals surface area contributed by atoms with Gasteiger partial charge in [0.1, 0.15) is 0 Å². The molecule has 7 heteroatoms. The highest BCUT2D eigenvalue weighted by Gasteiger charge is 2.17. The molecule has 0 heterocycles. The number of esters is 1. The predicted octanol–water partition coefficient (Wildman–Crippen LogP) is -1.33. The minimum atomic E-state index is -3.35. The van der Waals surface area contributed by atoms with Crippen molar-refractivity contribution < 1.29 is 23.1 Å². The van der Waals surface area contributed by atoms with Crippen LogP contribution in [0.15, 0.2) is 0 Å². The highest BCUT2D eigenvalue weighted by atomic mass is 32.2. The van der Waals surface area contributed by atoms with Gasteiger partial charge in [-0.1, -0.05) is 0 Å². The number of carbonyl (C=O) groups is 1. The Balaban J connectivity index is 4.02. The smallest absolute Gasteiger partial charge is 0.306 e. The summed E-state index contributed by atoms with van der Waals surface area (Å²) in [4.78, 5) is 10.7. The molecular weight excluding hydrogens is 222 g/mol. The van der Waals surface area contributed by atoms with Gasteiger partial charge in [0.05, 0.1) is 25.0 Å². The van der Waals surface area contributed by atoms with Gasteiger partial charge in [-0.25, -0.2) is 8.42 Å². The van der Waals surface area contributed by atoms with Crippen LogP contribution in [0.5, 0.6) is 0 Å². The summed E-state index contributed by atoms with van der Waals surface area (Å²) in [7, 11) is -2.14. The summed E-state index contributed by atoms with van der Waals surface area (Å²) >= 11 is 0. The Kier molecular flexibility index (Phi) is 6.46. The average molecular weight is 239 g/mol. The van der Waals surface area contributed by atoms with Gasteiger partial charge in [-0.3, -0.25) is 4.79 Å². The van der Waals surface area contributed by atoms with E-state index in [0.717, 1.165) is 0 Å². The first-order valence-corrected chi connectivity index (χ1v) is 6.37. The largest absolute Gasteiger partial charge is 0.469 e. The Hall–Kier alpha value is -0.660. The summed E-state index contributed by atoms with van der Waals surface area (Å²) < 4.78 is 27.1. The summed E-state index contributed by atoms with van der Waals surface area (Å²) in [5.74, 6) is -1.04. The number of carbonyl (C=O) groups excluding carboxylic acids is 1. The normalized spacial score (nSPS) is 13.5. The van der Waals surface area contributed by atoms with Crippen molar-refractivity contribution in [3.05, 3.63) is 0 Å². The topological polar surface area (TPSA) is 107 Å². The van der Waals surface area contributed by atoms with Gasteiger partial charge in [-0.15, -0.1) is 0 Å². The van der Waals surface area contributed by atoms with Gasteiger partial charge in [0.25, 0.3) is 0 Å². The van der Waals surface area contributed by atoms with Crippen molar-refractivity contribution in [2.24, 2.45) is 5.73 Å². The summed E-state index contributed by atoms with van der Waals surface area (Å²) in [5.41, 5.74) is 5.45. The molecule has 0 aliphatic rings. The first-order valence-electron chi connectivity index (χ1n) is 4.55. The minimum absolute atomic E-state index is 0.145. The Morgan fingerprint density at radius 1 is 1.53 bits per heavy atom. The molecule has 0 aromatic carbocycles. The maximum Gasteiger partial charge on any atom is 0.306 e. The summed E-state index contributed by atoms with van der Waals surface area (Å²) in [6.45, 7) is -0.145. The number of nitrogens with two attached hydrogens (primary N) is 1. The summed E-state index contributed by atoms with van der Waals surface area (Å²) in [6.07, 6.45) is 0.0716. The van der Waals surface area contributed by atoms with Crippen LogP contribution in [0.4, 0.5) is 0 Å². The molecule has 0 rings (SSSR count). The third-order valence-corrected chi connectivity index (χ3v) is 3.57. The van der Waals surface area contributed by atoms with Gasteiger partial charge in [0, 0.05) is 12.6 Å². The molecule has 15 heavy (non-hydrogen) atoms. The molecule has 0 saturated heterocycles. The molecular formula is C8H17NO5S. The van der Waals surface area contributed by atoms with E-state index in [4.69, 9.17) is 10.8 Å². The molecule has 0 spiro atoms. The minimum Gasteiger partial charge on any atom is -0.469 e. The van der Waals surface area contributed by atoms with E-state index in [1.54, 1.807) is 0 Å². The fraction of sp³-hybridized carbons (Fsp3) is 0.875. The molecule has 0 amide bonds. The monoisotopic (exact) mass is 239 g/mol. The lowest BCUT2D eigenvalue weighted by molar-refractivity contribution is -0.140. The zero-order chi connectivity index (χ0) is 11.9. The van der Waals surface area contributed by atoms with Crippen molar-refractivity contribution in [3.8, 4) is 0 Å². The molecule has 0 aliphatic carbocycles. The Morgan fingerprint density at radius 3 is 2.60 bits per heavy atom. The highest BCUT2D eigenvalue weighted by molar-refractivity contribution is 7.91. The number of hydrogen-bond acceptors (Lipinski definition) is 6. The molecule has 90 valence electrons. The molecule has 6 nitrogen and oxygen atoms in total. The first kappa shape index (κ1) is 14.3. The van der Waals surface area contributed by atoms with Crippen LogP contribution in [0.25, 0.3) is 0 Å². The number of aliphatic hydroxyl groups is 1. The average Bonchev–Trinajstić information content (AvgIpc) is 2.13. The second-order valence-electron chi connectivity index (χ2n) is 3.21. The van der Waals surface area contributed by atoms with Gasteiger partial charge < -0.3 is 15.6 Å². The summed E-state index contributed by atoms with van der Waals surface area (Å²) in [6, 6.07) is -0.586. The SMILES string of the molecule is COC(=O)CCS(=O)(=O)CC(N)CCO. The zero-order valence-corrected chi connectivity index (χ0v) is 9.50. The Bertz CT molecular complexity index is 287. The highest BCUT2D eigenvalue weighted by Crippen LogP contribution is 2.00. The van der Waals surface area contributed by atoms with Crippen molar-refractivity contribution in [3.63, 3.8) is 0 Å². The van der Waals surface area contributed by atoms with E-state index in [2.05, 4.69) is 4.74 Å². The van der Waals surface area contributed by atoms with Crippen molar-refractivity contribution >= 4 is 15.8 Å². The van der Waals surface area contributed by atoms with Gasteiger partial charge in [0.15, 0.2) is 9.84 Å². The van der Waals surface area contributed by atoms with E-state index in [-0.39, 0.29) is 31.0 Å². The van der Waals surface area contributed by atoms with Crippen molar-refractivity contribution in [1.29, 1.82) is 0 Å². The van der Waals surface area contributed by atoms with Crippen molar-refractivity contribution in [2.45, 2.75) is 18.9 Å². The number of aliphatic hydroxyl groups excluding tert-OH is 1. The number of sulfone groups is 1. The quantitative estimate of drug-likeness (QED) is 0.533. The molecule has 1 atom stereocenters. The number of methoxy groups -OCH3 is 1. The van der Waals surface area contributed by atoms with E-state index >= 15 is 0 Å².